The van der Waals surface area contributed by atoms with Crippen LogP contribution in [0.15, 0.2) is 34.8 Å². The Labute approximate surface area is 129 Å². The summed E-state index contributed by atoms with van der Waals surface area (Å²) in [7, 11) is 0. The molecule has 0 heterocycles. The Morgan fingerprint density at radius 2 is 1.58 bits per heavy atom. The molecule has 0 radical (unpaired) electrons. The van der Waals surface area contributed by atoms with Gasteiger partial charge < -0.3 is 0 Å². The van der Waals surface area contributed by atoms with Gasteiger partial charge in [-0.2, -0.15) is 0 Å². The fourth-order valence-corrected chi connectivity index (χ4v) is 2.73. The maximum atomic E-state index is 13.7. The summed E-state index contributed by atoms with van der Waals surface area (Å²) in [6, 6.07) is 6.36. The number of hydrogen-bond acceptors (Lipinski definition) is 0. The van der Waals surface area contributed by atoms with E-state index in [9.17, 15) is 13.2 Å². The molecule has 0 fully saturated rings. The molecule has 0 nitrogen and oxygen atoms in total. The second-order valence-corrected chi connectivity index (χ2v) is 6.00. The third kappa shape index (κ3) is 3.15. The highest BCUT2D eigenvalue weighted by Gasteiger charge is 2.18. The van der Waals surface area contributed by atoms with Crippen LogP contribution in [0.1, 0.15) is 16.0 Å². The van der Waals surface area contributed by atoms with Gasteiger partial charge in [-0.25, -0.2) is 13.2 Å². The van der Waals surface area contributed by atoms with E-state index in [0.29, 0.717) is 21.1 Å². The van der Waals surface area contributed by atoms with E-state index < -0.39 is 22.3 Å². The molecule has 2 rings (SSSR count). The van der Waals surface area contributed by atoms with E-state index in [4.69, 9.17) is 11.6 Å². The van der Waals surface area contributed by atoms with Crippen molar-refractivity contribution in [1.29, 1.82) is 0 Å². The van der Waals surface area contributed by atoms with Gasteiger partial charge in [0.15, 0.2) is 11.6 Å². The van der Waals surface area contributed by atoms with Crippen molar-refractivity contribution in [2.75, 3.05) is 0 Å². The van der Waals surface area contributed by atoms with Crippen LogP contribution in [0.25, 0.3) is 0 Å². The minimum atomic E-state index is -1.21. The van der Waals surface area contributed by atoms with Crippen LogP contribution in [0.5, 0.6) is 0 Å². The lowest BCUT2D eigenvalue weighted by Gasteiger charge is -2.13. The molecule has 19 heavy (non-hydrogen) atoms. The normalized spacial score (nSPS) is 12.5. The van der Waals surface area contributed by atoms with E-state index in [1.165, 1.54) is 0 Å². The van der Waals surface area contributed by atoms with Crippen LogP contribution in [0.3, 0.4) is 0 Å². The summed E-state index contributed by atoms with van der Waals surface area (Å²) >= 11 is 12.4. The van der Waals surface area contributed by atoms with E-state index in [-0.39, 0.29) is 5.56 Å². The number of alkyl halides is 1. The van der Waals surface area contributed by atoms with Crippen molar-refractivity contribution in [3.8, 4) is 0 Å². The third-order valence-electron chi connectivity index (χ3n) is 2.55. The molecular weight excluding hydrogens is 408 g/mol. The zero-order chi connectivity index (χ0) is 14.2. The Kier molecular flexibility index (Phi) is 4.58. The summed E-state index contributed by atoms with van der Waals surface area (Å²) in [5, 5.41) is 0.509. The predicted molar refractivity (Wildman–Crippen MR) is 76.2 cm³/mol. The first-order valence-electron chi connectivity index (χ1n) is 5.13. The minimum absolute atomic E-state index is 0.0214. The largest absolute Gasteiger partial charge is 0.207 e. The van der Waals surface area contributed by atoms with Crippen molar-refractivity contribution in [3.63, 3.8) is 0 Å². The molecule has 0 saturated carbocycles. The first-order valence-corrected chi connectivity index (χ1v) is 7.22. The minimum Gasteiger partial charge on any atom is -0.207 e. The Bertz CT molecular complexity index is 632. The quantitative estimate of drug-likeness (QED) is 0.417. The summed E-state index contributed by atoms with van der Waals surface area (Å²) in [4.78, 5) is -0.601. The fraction of sp³-hybridized carbons (Fsp3) is 0.0769. The Hall–Kier alpha value is -0.520. The second kappa shape index (κ2) is 5.85. The molecule has 1 atom stereocenters. The lowest BCUT2D eigenvalue weighted by molar-refractivity contribution is 0.491. The summed E-state index contributed by atoms with van der Waals surface area (Å²) in [6.45, 7) is 0. The molecular formula is C13H6Br2ClF3. The lowest BCUT2D eigenvalue weighted by Crippen LogP contribution is -2.00. The molecule has 0 amide bonds. The fourth-order valence-electron chi connectivity index (χ4n) is 1.58. The van der Waals surface area contributed by atoms with Crippen LogP contribution < -0.4 is 0 Å². The predicted octanol–water partition coefficient (Wildman–Crippen LogP) is 6.00. The molecule has 0 aliphatic rings. The summed E-state index contributed by atoms with van der Waals surface area (Å²) in [5.74, 6) is -3.11. The number of rotatable bonds is 2. The zero-order valence-corrected chi connectivity index (χ0v) is 13.2. The molecule has 0 N–H and O–H groups in total. The van der Waals surface area contributed by atoms with Crippen molar-refractivity contribution in [2.45, 2.75) is 4.83 Å². The maximum absolute atomic E-state index is 13.7. The van der Waals surface area contributed by atoms with Gasteiger partial charge in [-0.1, -0.05) is 33.6 Å². The maximum Gasteiger partial charge on any atom is 0.161 e. The Morgan fingerprint density at radius 1 is 0.947 bits per heavy atom. The highest BCUT2D eigenvalue weighted by Crippen LogP contribution is 2.36. The molecule has 6 heteroatoms. The summed E-state index contributed by atoms with van der Waals surface area (Å²) in [6.07, 6.45) is 0. The smallest absolute Gasteiger partial charge is 0.161 e. The van der Waals surface area contributed by atoms with Crippen molar-refractivity contribution in [3.05, 3.63) is 68.4 Å². The van der Waals surface area contributed by atoms with Gasteiger partial charge >= 0.3 is 0 Å². The molecule has 0 spiro atoms. The summed E-state index contributed by atoms with van der Waals surface area (Å²) in [5.41, 5.74) is 0.689. The average molecular weight is 414 g/mol. The molecule has 2 aromatic rings. The first-order chi connectivity index (χ1) is 8.90. The van der Waals surface area contributed by atoms with Crippen LogP contribution in [0.4, 0.5) is 13.2 Å². The second-order valence-electron chi connectivity index (χ2n) is 3.82. The van der Waals surface area contributed by atoms with Crippen LogP contribution in [-0.2, 0) is 0 Å². The monoisotopic (exact) mass is 412 g/mol. The van der Waals surface area contributed by atoms with Crippen LogP contribution >= 0.6 is 43.5 Å². The van der Waals surface area contributed by atoms with Gasteiger partial charge in [0.25, 0.3) is 0 Å². The molecule has 0 aliphatic heterocycles. The molecule has 0 saturated heterocycles. The van der Waals surface area contributed by atoms with Gasteiger partial charge in [0.1, 0.15) is 5.82 Å². The molecule has 0 bridgehead atoms. The Balaban J connectivity index is 2.46. The van der Waals surface area contributed by atoms with Gasteiger partial charge in [-0.05, 0) is 39.7 Å². The molecule has 0 aromatic heterocycles. The van der Waals surface area contributed by atoms with Crippen molar-refractivity contribution < 1.29 is 13.2 Å². The first kappa shape index (κ1) is 14.9. The SMILES string of the molecule is Fc1cc(F)c(C(Br)c2ccc(Cl)c(Br)c2)cc1F. The number of halogens is 6. The van der Waals surface area contributed by atoms with E-state index in [1.807, 2.05) is 0 Å². The molecule has 100 valence electrons. The Morgan fingerprint density at radius 3 is 2.21 bits per heavy atom. The van der Waals surface area contributed by atoms with E-state index in [1.54, 1.807) is 18.2 Å². The van der Waals surface area contributed by atoms with E-state index >= 15 is 0 Å². The highest BCUT2D eigenvalue weighted by atomic mass is 79.9. The van der Waals surface area contributed by atoms with Gasteiger partial charge in [0, 0.05) is 16.1 Å². The lowest BCUT2D eigenvalue weighted by atomic mass is 10.0. The third-order valence-corrected chi connectivity index (χ3v) is 4.78. The number of hydrogen-bond donors (Lipinski definition) is 0. The van der Waals surface area contributed by atoms with E-state index in [2.05, 4.69) is 31.9 Å². The average Bonchev–Trinajstić information content (AvgIpc) is 2.36. The van der Waals surface area contributed by atoms with Crippen LogP contribution in [-0.4, -0.2) is 0 Å². The van der Waals surface area contributed by atoms with Gasteiger partial charge in [-0.3, -0.25) is 0 Å². The van der Waals surface area contributed by atoms with Crippen LogP contribution in [0, 0.1) is 17.5 Å². The van der Waals surface area contributed by atoms with Crippen molar-refractivity contribution in [2.24, 2.45) is 0 Å². The van der Waals surface area contributed by atoms with Crippen molar-refractivity contribution in [1.82, 2.24) is 0 Å². The standard InChI is InChI=1S/C13H6Br2ClF3/c14-8-3-6(1-2-9(8)16)13(15)7-4-11(18)12(19)5-10(7)17/h1-5,13H. The number of benzene rings is 2. The molecule has 2 aromatic carbocycles. The van der Waals surface area contributed by atoms with Gasteiger partial charge in [-0.15, -0.1) is 0 Å². The zero-order valence-electron chi connectivity index (χ0n) is 9.23. The topological polar surface area (TPSA) is 0 Å². The van der Waals surface area contributed by atoms with E-state index in [0.717, 1.165) is 6.07 Å². The highest BCUT2D eigenvalue weighted by molar-refractivity contribution is 9.10. The van der Waals surface area contributed by atoms with Gasteiger partial charge in [0.05, 0.1) is 9.85 Å². The van der Waals surface area contributed by atoms with Crippen LogP contribution in [0.2, 0.25) is 5.02 Å². The summed E-state index contributed by atoms with van der Waals surface area (Å²) < 4.78 is 40.4. The van der Waals surface area contributed by atoms with Gasteiger partial charge in [0.2, 0.25) is 0 Å². The molecule has 1 unspecified atom stereocenters. The van der Waals surface area contributed by atoms with Crippen molar-refractivity contribution >= 4 is 43.5 Å². The molecule has 0 aliphatic carbocycles.